The van der Waals surface area contributed by atoms with Crippen LogP contribution in [0, 0.1) is 11.8 Å². The highest BCUT2D eigenvalue weighted by molar-refractivity contribution is 5.79. The molecule has 5 rings (SSSR count). The lowest BCUT2D eigenvalue weighted by molar-refractivity contribution is -0.133. The number of aromatic nitrogens is 3. The number of hydrogen-bond acceptors (Lipinski definition) is 5. The number of rotatable bonds is 5. The number of piperidine rings is 3. The molecule has 0 spiro atoms. The first kappa shape index (κ1) is 18.0. The predicted molar refractivity (Wildman–Crippen MR) is 105 cm³/mol. The lowest BCUT2D eigenvalue weighted by Crippen LogP contribution is -2.58. The fraction of sp³-hybridized carbons (Fsp3) is 0.550. The van der Waals surface area contributed by atoms with E-state index < -0.39 is 0 Å². The third kappa shape index (κ3) is 3.83. The molecule has 2 aromatic rings. The van der Waals surface area contributed by atoms with E-state index in [1.807, 2.05) is 49.0 Å². The molecule has 144 valence electrons. The van der Waals surface area contributed by atoms with Gasteiger partial charge in [-0.25, -0.2) is 0 Å². The van der Waals surface area contributed by atoms with Crippen molar-refractivity contribution in [3.05, 3.63) is 30.5 Å². The molecule has 4 atom stereocenters. The van der Waals surface area contributed by atoms with Crippen molar-refractivity contribution < 1.29 is 4.79 Å². The van der Waals surface area contributed by atoms with Gasteiger partial charge in [0.2, 0.25) is 5.91 Å². The number of anilines is 1. The first-order valence-corrected chi connectivity index (χ1v) is 9.80. The molecule has 0 aliphatic carbocycles. The summed E-state index contributed by atoms with van der Waals surface area (Å²) in [4.78, 5) is 14.9. The average molecular weight is 368 g/mol. The molecule has 7 nitrogen and oxygen atoms in total. The highest BCUT2D eigenvalue weighted by atomic mass is 16.2. The van der Waals surface area contributed by atoms with Crippen LogP contribution in [0.1, 0.15) is 26.7 Å². The van der Waals surface area contributed by atoms with Crippen LogP contribution in [0.2, 0.25) is 0 Å². The lowest BCUT2D eigenvalue weighted by atomic mass is 9.75. The summed E-state index contributed by atoms with van der Waals surface area (Å²) >= 11 is 0. The SMILES string of the molecule is CC(C)NC(=O)[C@H]1CN2CCC1C[C@@H]2Cn1cc(-c2cccc(N)c2)nn1. The fourth-order valence-electron chi connectivity index (χ4n) is 4.45. The second kappa shape index (κ2) is 7.31. The van der Waals surface area contributed by atoms with Gasteiger partial charge in [0.25, 0.3) is 0 Å². The van der Waals surface area contributed by atoms with Gasteiger partial charge in [0.1, 0.15) is 5.69 Å². The van der Waals surface area contributed by atoms with E-state index in [-0.39, 0.29) is 17.9 Å². The van der Waals surface area contributed by atoms with E-state index >= 15 is 0 Å². The monoisotopic (exact) mass is 368 g/mol. The number of nitrogens with one attached hydrogen (secondary N) is 1. The molecule has 2 bridgehead atoms. The first-order valence-electron chi connectivity index (χ1n) is 9.80. The van der Waals surface area contributed by atoms with Crippen molar-refractivity contribution in [1.82, 2.24) is 25.2 Å². The van der Waals surface area contributed by atoms with Crippen molar-refractivity contribution >= 4 is 11.6 Å². The Labute approximate surface area is 159 Å². The van der Waals surface area contributed by atoms with Gasteiger partial charge < -0.3 is 11.1 Å². The molecular weight excluding hydrogens is 340 g/mol. The van der Waals surface area contributed by atoms with Crippen molar-refractivity contribution in [1.29, 1.82) is 0 Å². The molecule has 27 heavy (non-hydrogen) atoms. The van der Waals surface area contributed by atoms with E-state index in [0.717, 1.165) is 49.4 Å². The standard InChI is InChI=1S/C20H28N6O/c1-13(2)22-20(27)18-11-25-7-6-14(18)9-17(25)10-26-12-19(23-24-26)15-4-3-5-16(21)8-15/h3-5,8,12-14,17-18H,6-7,9-11,21H2,1-2H3,(H,22,27)/t14?,17-,18+/m1/s1. The Hall–Kier alpha value is -2.41. The zero-order valence-corrected chi connectivity index (χ0v) is 16.0. The molecule has 1 aromatic carbocycles. The highest BCUT2D eigenvalue weighted by Gasteiger charge is 2.43. The minimum atomic E-state index is 0.121. The maximum atomic E-state index is 12.5. The second-order valence-corrected chi connectivity index (χ2v) is 8.15. The van der Waals surface area contributed by atoms with E-state index in [2.05, 4.69) is 20.5 Å². The minimum absolute atomic E-state index is 0.121. The molecule has 7 heteroatoms. The number of amides is 1. The molecule has 3 saturated heterocycles. The van der Waals surface area contributed by atoms with Crippen LogP contribution in [0.15, 0.2) is 30.5 Å². The number of hydrogen-bond donors (Lipinski definition) is 2. The van der Waals surface area contributed by atoms with Gasteiger partial charge in [0.15, 0.2) is 0 Å². The van der Waals surface area contributed by atoms with Gasteiger partial charge in [-0.05, 0) is 51.3 Å². The molecule has 0 radical (unpaired) electrons. The maximum Gasteiger partial charge on any atom is 0.224 e. The minimum Gasteiger partial charge on any atom is -0.399 e. The fourth-order valence-corrected chi connectivity index (χ4v) is 4.45. The topological polar surface area (TPSA) is 89.1 Å². The smallest absolute Gasteiger partial charge is 0.224 e. The molecule has 3 aliphatic rings. The molecule has 3 N–H and O–H groups in total. The average Bonchev–Trinajstić information content (AvgIpc) is 3.10. The number of benzene rings is 1. The van der Waals surface area contributed by atoms with Crippen LogP contribution in [-0.4, -0.2) is 51.0 Å². The van der Waals surface area contributed by atoms with Crippen LogP contribution in [0.25, 0.3) is 11.3 Å². The van der Waals surface area contributed by atoms with Crippen LogP contribution in [-0.2, 0) is 11.3 Å². The Balaban J connectivity index is 1.41. The van der Waals surface area contributed by atoms with Crippen LogP contribution >= 0.6 is 0 Å². The summed E-state index contributed by atoms with van der Waals surface area (Å²) in [6.45, 7) is 6.77. The summed E-state index contributed by atoms with van der Waals surface area (Å²) in [6.07, 6.45) is 4.14. The van der Waals surface area contributed by atoms with Gasteiger partial charge >= 0.3 is 0 Å². The molecule has 1 amide bonds. The third-order valence-corrected chi connectivity index (χ3v) is 5.77. The van der Waals surface area contributed by atoms with Crippen molar-refractivity contribution in [2.24, 2.45) is 11.8 Å². The molecule has 4 heterocycles. The Kier molecular flexibility index (Phi) is 4.86. The molecule has 3 fully saturated rings. The lowest BCUT2D eigenvalue weighted by Gasteiger charge is -2.49. The van der Waals surface area contributed by atoms with Crippen molar-refractivity contribution in [3.8, 4) is 11.3 Å². The first-order chi connectivity index (χ1) is 13.0. The number of carbonyl (C=O) groups is 1. The molecule has 1 aromatic heterocycles. The van der Waals surface area contributed by atoms with Gasteiger partial charge in [-0.1, -0.05) is 17.3 Å². The van der Waals surface area contributed by atoms with Gasteiger partial charge in [-0.2, -0.15) is 0 Å². The molecular formula is C20H28N6O. The third-order valence-electron chi connectivity index (χ3n) is 5.77. The predicted octanol–water partition coefficient (Wildman–Crippen LogP) is 1.76. The summed E-state index contributed by atoms with van der Waals surface area (Å²) in [5, 5.41) is 11.7. The largest absolute Gasteiger partial charge is 0.399 e. The van der Waals surface area contributed by atoms with E-state index in [0.29, 0.717) is 12.0 Å². The Morgan fingerprint density at radius 2 is 2.26 bits per heavy atom. The van der Waals surface area contributed by atoms with Crippen molar-refractivity contribution in [3.63, 3.8) is 0 Å². The number of nitrogen functional groups attached to an aromatic ring is 1. The Morgan fingerprint density at radius 1 is 1.41 bits per heavy atom. The van der Waals surface area contributed by atoms with Crippen LogP contribution in [0.3, 0.4) is 0 Å². The molecule has 0 saturated carbocycles. The Morgan fingerprint density at radius 3 is 2.96 bits per heavy atom. The summed E-state index contributed by atoms with van der Waals surface area (Å²) < 4.78 is 1.92. The second-order valence-electron chi connectivity index (χ2n) is 8.15. The van der Waals surface area contributed by atoms with E-state index in [1.54, 1.807) is 0 Å². The summed E-state index contributed by atoms with van der Waals surface area (Å²) in [5.74, 6) is 0.800. The van der Waals surface area contributed by atoms with E-state index in [4.69, 9.17) is 5.73 Å². The number of nitrogens with zero attached hydrogens (tertiary/aromatic N) is 4. The van der Waals surface area contributed by atoms with Gasteiger partial charge in [-0.15, -0.1) is 5.10 Å². The quantitative estimate of drug-likeness (QED) is 0.785. The van der Waals surface area contributed by atoms with Crippen molar-refractivity contribution in [2.45, 2.75) is 45.3 Å². The van der Waals surface area contributed by atoms with Gasteiger partial charge in [0.05, 0.1) is 18.7 Å². The zero-order valence-electron chi connectivity index (χ0n) is 16.0. The summed E-state index contributed by atoms with van der Waals surface area (Å²) in [6, 6.07) is 8.32. The number of fused-ring (bicyclic) bond motifs is 3. The molecule has 3 aliphatic heterocycles. The van der Waals surface area contributed by atoms with E-state index in [9.17, 15) is 4.79 Å². The summed E-state index contributed by atoms with van der Waals surface area (Å²) in [7, 11) is 0. The maximum absolute atomic E-state index is 12.5. The zero-order chi connectivity index (χ0) is 19.0. The van der Waals surface area contributed by atoms with Crippen LogP contribution in [0.5, 0.6) is 0 Å². The normalized spacial score (nSPS) is 27.1. The van der Waals surface area contributed by atoms with Crippen LogP contribution < -0.4 is 11.1 Å². The molecule has 2 unspecified atom stereocenters. The van der Waals surface area contributed by atoms with E-state index in [1.165, 1.54) is 0 Å². The number of carbonyl (C=O) groups excluding carboxylic acids is 1. The highest BCUT2D eigenvalue weighted by Crippen LogP contribution is 2.37. The van der Waals surface area contributed by atoms with Crippen LogP contribution in [0.4, 0.5) is 5.69 Å². The summed E-state index contributed by atoms with van der Waals surface area (Å²) in [5.41, 5.74) is 8.42. The van der Waals surface area contributed by atoms with Gasteiger partial charge in [-0.3, -0.25) is 14.4 Å². The Bertz CT molecular complexity index is 816. The van der Waals surface area contributed by atoms with Gasteiger partial charge in [0, 0.05) is 29.9 Å². The van der Waals surface area contributed by atoms with Crippen molar-refractivity contribution in [2.75, 3.05) is 18.8 Å². The number of nitrogens with two attached hydrogens (primary N) is 1.